The molecule has 4 nitrogen and oxygen atoms in total. The molecule has 1 N–H and O–H groups in total. The molecule has 1 aromatic heterocycles. The third-order valence-electron chi connectivity index (χ3n) is 11.6. The van der Waals surface area contributed by atoms with Gasteiger partial charge in [-0.2, -0.15) is 0 Å². The summed E-state index contributed by atoms with van der Waals surface area (Å²) < 4.78 is 0. The number of fused-ring (bicyclic) bond motifs is 5. The molecule has 0 saturated heterocycles. The van der Waals surface area contributed by atoms with Crippen LogP contribution in [0, 0.1) is 51.8 Å². The van der Waals surface area contributed by atoms with Crippen LogP contribution < -0.4 is 5.32 Å². The van der Waals surface area contributed by atoms with Gasteiger partial charge < -0.3 is 5.32 Å². The first kappa shape index (κ1) is 27.1. The fourth-order valence-corrected chi connectivity index (χ4v) is 10.5. The lowest BCUT2D eigenvalue weighted by Crippen LogP contribution is -2.57. The topological polar surface area (TPSA) is 63.2 Å². The highest BCUT2D eigenvalue weighted by molar-refractivity contribution is 7.10. The van der Waals surface area contributed by atoms with E-state index in [-0.39, 0.29) is 40.0 Å². The van der Waals surface area contributed by atoms with Gasteiger partial charge in [0.15, 0.2) is 0 Å². The molecule has 0 bridgehead atoms. The van der Waals surface area contributed by atoms with E-state index in [2.05, 4.69) is 64.4 Å². The minimum Gasteiger partial charge on any atom is -0.348 e. The predicted octanol–water partition coefficient (Wildman–Crippen LogP) is 7.38. The number of thiophene rings is 1. The second kappa shape index (κ2) is 9.61. The Labute approximate surface area is 227 Å². The summed E-state index contributed by atoms with van der Waals surface area (Å²) in [5.41, 5.74) is 0.216. The largest absolute Gasteiger partial charge is 0.348 e. The van der Waals surface area contributed by atoms with Crippen molar-refractivity contribution < 1.29 is 14.4 Å². The Morgan fingerprint density at radius 3 is 2.49 bits per heavy atom. The average Bonchev–Trinajstić information content (AvgIpc) is 3.45. The molecule has 1 unspecified atom stereocenters. The molecule has 4 saturated carbocycles. The smallest absolute Gasteiger partial charge is 0.220 e. The van der Waals surface area contributed by atoms with Crippen LogP contribution in [0.3, 0.4) is 0 Å². The molecule has 1 aromatic rings. The normalized spacial score (nSPS) is 39.4. The highest BCUT2D eigenvalue weighted by Gasteiger charge is 2.63. The summed E-state index contributed by atoms with van der Waals surface area (Å²) in [7, 11) is 0. The Balaban J connectivity index is 1.29. The molecule has 0 spiro atoms. The quantitative estimate of drug-likeness (QED) is 0.436. The van der Waals surface area contributed by atoms with E-state index in [9.17, 15) is 14.4 Å². The average molecular weight is 526 g/mol. The van der Waals surface area contributed by atoms with Gasteiger partial charge in [0.1, 0.15) is 11.6 Å². The third kappa shape index (κ3) is 4.66. The van der Waals surface area contributed by atoms with E-state index in [1.807, 2.05) is 0 Å². The van der Waals surface area contributed by atoms with Crippen molar-refractivity contribution in [1.29, 1.82) is 0 Å². The molecule has 204 valence electrons. The summed E-state index contributed by atoms with van der Waals surface area (Å²) in [4.78, 5) is 40.4. The first-order valence-corrected chi connectivity index (χ1v) is 15.6. The van der Waals surface area contributed by atoms with Gasteiger partial charge in [-0.1, -0.05) is 47.6 Å². The molecule has 0 aromatic carbocycles. The van der Waals surface area contributed by atoms with Gasteiger partial charge in [-0.3, -0.25) is 14.4 Å². The van der Waals surface area contributed by atoms with Crippen molar-refractivity contribution in [3.05, 3.63) is 22.4 Å². The minimum absolute atomic E-state index is 0.0190. The van der Waals surface area contributed by atoms with Crippen molar-refractivity contribution in [2.45, 2.75) is 105 Å². The lowest BCUT2D eigenvalue weighted by Gasteiger charge is -2.59. The molecule has 4 aliphatic carbocycles. The van der Waals surface area contributed by atoms with Gasteiger partial charge in [0.05, 0.1) is 6.04 Å². The van der Waals surface area contributed by atoms with Gasteiger partial charge in [0, 0.05) is 36.5 Å². The van der Waals surface area contributed by atoms with Crippen LogP contribution in [0.4, 0.5) is 0 Å². The summed E-state index contributed by atoms with van der Waals surface area (Å²) in [6, 6.07) is 4.20. The monoisotopic (exact) mass is 525 g/mol. The molecule has 1 heterocycles. The van der Waals surface area contributed by atoms with Gasteiger partial charge in [-0.15, -0.1) is 11.3 Å². The van der Waals surface area contributed by atoms with E-state index in [0.29, 0.717) is 60.9 Å². The zero-order valence-corrected chi connectivity index (χ0v) is 24.6. The summed E-state index contributed by atoms with van der Waals surface area (Å²) in [5.74, 6) is 2.99. The van der Waals surface area contributed by atoms with E-state index in [1.54, 1.807) is 11.3 Å². The minimum atomic E-state index is -0.0500. The lowest BCUT2D eigenvalue weighted by molar-refractivity contribution is -0.159. The van der Waals surface area contributed by atoms with Crippen LogP contribution in [0.2, 0.25) is 0 Å². The maximum absolute atomic E-state index is 13.6. The number of amides is 1. The molecular formula is C32H47NO3S. The summed E-state index contributed by atoms with van der Waals surface area (Å²) >= 11 is 1.71. The standard InChI is InChI=1S/C32H47NO3S/c1-19(16-27(36)33-29(30(2,3)4)26-8-7-15-37-26)22-9-10-23-28-24(12-14-32(22,23)6)31(5)13-11-21(34)17-20(31)18-25(28)35/h7-8,15,19-20,22-24,28-29H,9-14,16-18H2,1-6H3,(H,33,36)/t19-,20+,22-,23+,24+,28+,29?,31+,32-/m1/s1. The van der Waals surface area contributed by atoms with Crippen LogP contribution in [-0.4, -0.2) is 17.5 Å². The van der Waals surface area contributed by atoms with Gasteiger partial charge in [0.2, 0.25) is 5.91 Å². The number of rotatable bonds is 5. The zero-order chi connectivity index (χ0) is 26.8. The number of Topliss-reactive ketones (excluding diaryl/α,β-unsaturated/α-hetero) is 2. The van der Waals surface area contributed by atoms with E-state index in [0.717, 1.165) is 32.1 Å². The summed E-state index contributed by atoms with van der Waals surface area (Å²) in [5, 5.41) is 5.46. The fraction of sp³-hybridized carbons (Fsp3) is 0.781. The van der Waals surface area contributed by atoms with Crippen LogP contribution in [0.5, 0.6) is 0 Å². The Kier molecular flexibility index (Phi) is 7.03. The van der Waals surface area contributed by atoms with E-state index in [4.69, 9.17) is 0 Å². The molecule has 9 atom stereocenters. The number of hydrogen-bond donors (Lipinski definition) is 1. The molecule has 37 heavy (non-hydrogen) atoms. The van der Waals surface area contributed by atoms with Gasteiger partial charge in [-0.25, -0.2) is 0 Å². The lowest BCUT2D eigenvalue weighted by atomic mass is 9.44. The molecule has 1 amide bonds. The molecule has 0 radical (unpaired) electrons. The third-order valence-corrected chi connectivity index (χ3v) is 12.5. The molecule has 5 rings (SSSR count). The molecule has 4 aliphatic rings. The van der Waals surface area contributed by atoms with Gasteiger partial charge >= 0.3 is 0 Å². The Morgan fingerprint density at radius 1 is 1.08 bits per heavy atom. The number of carbonyl (C=O) groups excluding carboxylic acids is 3. The second-order valence-electron chi connectivity index (χ2n) is 14.6. The Hall–Kier alpha value is -1.49. The fourth-order valence-electron chi connectivity index (χ4n) is 9.52. The maximum atomic E-state index is 13.6. The van der Waals surface area contributed by atoms with E-state index < -0.39 is 0 Å². The summed E-state index contributed by atoms with van der Waals surface area (Å²) in [6.07, 6.45) is 7.92. The summed E-state index contributed by atoms with van der Waals surface area (Å²) in [6.45, 7) is 13.7. The Morgan fingerprint density at radius 2 is 1.81 bits per heavy atom. The van der Waals surface area contributed by atoms with Crippen molar-refractivity contribution in [2.75, 3.05) is 0 Å². The van der Waals surface area contributed by atoms with Crippen molar-refractivity contribution in [1.82, 2.24) is 5.32 Å². The van der Waals surface area contributed by atoms with E-state index >= 15 is 0 Å². The molecule has 0 aliphatic heterocycles. The van der Waals surface area contributed by atoms with Gasteiger partial charge in [0.25, 0.3) is 0 Å². The van der Waals surface area contributed by atoms with Gasteiger partial charge in [-0.05, 0) is 89.4 Å². The number of hydrogen-bond acceptors (Lipinski definition) is 4. The highest BCUT2D eigenvalue weighted by atomic mass is 32.1. The molecule has 4 fully saturated rings. The number of carbonyl (C=O) groups is 3. The van der Waals surface area contributed by atoms with Crippen LogP contribution in [-0.2, 0) is 14.4 Å². The first-order chi connectivity index (χ1) is 17.3. The SMILES string of the molecule is C[C@H](CC(=O)NC(c1cccs1)C(C)(C)C)[C@H]1CC[C@H]2[C@@H]3C(=O)C[C@@H]4CC(=O)CC[C@]4(C)[C@H]3CC[C@]12C. The van der Waals surface area contributed by atoms with Crippen molar-refractivity contribution in [3.63, 3.8) is 0 Å². The van der Waals surface area contributed by atoms with Crippen LogP contribution >= 0.6 is 11.3 Å². The van der Waals surface area contributed by atoms with Crippen molar-refractivity contribution in [3.8, 4) is 0 Å². The van der Waals surface area contributed by atoms with E-state index in [1.165, 1.54) is 4.88 Å². The Bertz CT molecular complexity index is 1040. The van der Waals surface area contributed by atoms with Crippen LogP contribution in [0.15, 0.2) is 17.5 Å². The molecule has 5 heteroatoms. The predicted molar refractivity (Wildman–Crippen MR) is 149 cm³/mol. The number of ketones is 2. The van der Waals surface area contributed by atoms with Crippen LogP contribution in [0.25, 0.3) is 0 Å². The first-order valence-electron chi connectivity index (χ1n) is 14.7. The number of nitrogens with one attached hydrogen (secondary N) is 1. The maximum Gasteiger partial charge on any atom is 0.220 e. The zero-order valence-electron chi connectivity index (χ0n) is 23.8. The molecular weight excluding hydrogens is 478 g/mol. The van der Waals surface area contributed by atoms with Crippen LogP contribution in [0.1, 0.15) is 110 Å². The second-order valence-corrected chi connectivity index (χ2v) is 15.6. The highest BCUT2D eigenvalue weighted by Crippen LogP contribution is 2.67. The van der Waals surface area contributed by atoms with Crippen molar-refractivity contribution >= 4 is 28.8 Å². The van der Waals surface area contributed by atoms with Crippen molar-refractivity contribution in [2.24, 2.45) is 51.8 Å².